The third-order valence-corrected chi connectivity index (χ3v) is 3.41. The van der Waals surface area contributed by atoms with E-state index in [9.17, 15) is 0 Å². The molecule has 2 N–H and O–H groups in total. The summed E-state index contributed by atoms with van der Waals surface area (Å²) in [5, 5.41) is 0. The molecule has 3 rings (SSSR count). The molecule has 1 aromatic heterocycles. The molecule has 0 aliphatic heterocycles. The van der Waals surface area contributed by atoms with Gasteiger partial charge in [0.2, 0.25) is 0 Å². The van der Waals surface area contributed by atoms with Gasteiger partial charge in [-0.1, -0.05) is 12.1 Å². The number of aryl methyl sites for hydroxylation is 1. The molecule has 1 aliphatic carbocycles. The highest BCUT2D eigenvalue weighted by molar-refractivity contribution is 5.40. The summed E-state index contributed by atoms with van der Waals surface area (Å²) in [6, 6.07) is 8.09. The summed E-state index contributed by atoms with van der Waals surface area (Å²) < 4.78 is 2.27. The molecular weight excluding hydrogens is 210 g/mol. The van der Waals surface area contributed by atoms with Crippen LogP contribution in [-0.4, -0.2) is 9.55 Å². The number of rotatable bonds is 2. The number of hydrogen-bond donors (Lipinski definition) is 1. The molecule has 17 heavy (non-hydrogen) atoms. The second kappa shape index (κ2) is 4.24. The van der Waals surface area contributed by atoms with Crippen LogP contribution < -0.4 is 5.73 Å². The Morgan fingerprint density at radius 3 is 3.00 bits per heavy atom. The molecule has 0 bridgehead atoms. The van der Waals surface area contributed by atoms with Crippen molar-refractivity contribution < 1.29 is 0 Å². The molecule has 88 valence electrons. The Morgan fingerprint density at radius 1 is 1.24 bits per heavy atom. The Balaban J connectivity index is 1.88. The van der Waals surface area contributed by atoms with Gasteiger partial charge in [0.05, 0.1) is 12.0 Å². The molecule has 0 saturated heterocycles. The van der Waals surface area contributed by atoms with Crippen LogP contribution in [0, 0.1) is 0 Å². The molecule has 3 nitrogen and oxygen atoms in total. The van der Waals surface area contributed by atoms with Gasteiger partial charge in [-0.3, -0.25) is 0 Å². The predicted molar refractivity (Wildman–Crippen MR) is 68.8 cm³/mol. The minimum atomic E-state index is 0.830. The largest absolute Gasteiger partial charge is 0.399 e. The van der Waals surface area contributed by atoms with Crippen LogP contribution in [0.2, 0.25) is 0 Å². The third-order valence-electron chi connectivity index (χ3n) is 3.41. The Morgan fingerprint density at radius 2 is 2.12 bits per heavy atom. The number of fused-ring (bicyclic) bond motifs is 1. The summed E-state index contributed by atoms with van der Waals surface area (Å²) in [6.45, 7) is 0.882. The van der Waals surface area contributed by atoms with E-state index in [2.05, 4.69) is 15.6 Å². The lowest BCUT2D eigenvalue weighted by Crippen LogP contribution is -2.09. The number of imidazole rings is 1. The SMILES string of the molecule is Nc1cccc(Cn2cnc3c2CCCC3)c1. The average molecular weight is 227 g/mol. The molecule has 0 unspecified atom stereocenters. The van der Waals surface area contributed by atoms with Crippen molar-refractivity contribution in [2.75, 3.05) is 5.73 Å². The van der Waals surface area contributed by atoms with Gasteiger partial charge in [0.15, 0.2) is 0 Å². The van der Waals surface area contributed by atoms with Gasteiger partial charge < -0.3 is 10.3 Å². The van der Waals surface area contributed by atoms with E-state index in [0.29, 0.717) is 0 Å². The minimum absolute atomic E-state index is 0.830. The van der Waals surface area contributed by atoms with E-state index in [1.165, 1.54) is 29.8 Å². The van der Waals surface area contributed by atoms with Crippen LogP contribution in [0.25, 0.3) is 0 Å². The third kappa shape index (κ3) is 2.05. The monoisotopic (exact) mass is 227 g/mol. The van der Waals surface area contributed by atoms with Crippen molar-refractivity contribution in [1.29, 1.82) is 0 Å². The maximum atomic E-state index is 5.80. The van der Waals surface area contributed by atoms with E-state index >= 15 is 0 Å². The van der Waals surface area contributed by atoms with Gasteiger partial charge >= 0.3 is 0 Å². The van der Waals surface area contributed by atoms with Crippen molar-refractivity contribution in [2.45, 2.75) is 32.2 Å². The fourth-order valence-corrected chi connectivity index (χ4v) is 2.56. The van der Waals surface area contributed by atoms with E-state index in [0.717, 1.165) is 25.1 Å². The Hall–Kier alpha value is -1.77. The van der Waals surface area contributed by atoms with Crippen LogP contribution >= 0.6 is 0 Å². The Labute approximate surface area is 101 Å². The summed E-state index contributed by atoms with van der Waals surface area (Å²) in [5.74, 6) is 0. The van der Waals surface area contributed by atoms with Crippen LogP contribution in [0.15, 0.2) is 30.6 Å². The molecule has 1 aromatic carbocycles. The normalized spacial score (nSPS) is 14.6. The molecule has 0 atom stereocenters. The first kappa shape index (κ1) is 10.4. The lowest BCUT2D eigenvalue weighted by molar-refractivity contribution is 0.628. The quantitative estimate of drug-likeness (QED) is 0.801. The van der Waals surface area contributed by atoms with Crippen molar-refractivity contribution in [1.82, 2.24) is 9.55 Å². The summed E-state index contributed by atoms with van der Waals surface area (Å²) >= 11 is 0. The standard InChI is InChI=1S/C14H17N3/c15-12-5-3-4-11(8-12)9-17-10-16-13-6-1-2-7-14(13)17/h3-5,8,10H,1-2,6-7,9,15H2. The fraction of sp³-hybridized carbons (Fsp3) is 0.357. The van der Waals surface area contributed by atoms with Crippen molar-refractivity contribution >= 4 is 5.69 Å². The van der Waals surface area contributed by atoms with E-state index in [-0.39, 0.29) is 0 Å². The maximum absolute atomic E-state index is 5.80. The van der Waals surface area contributed by atoms with Gasteiger partial charge in [0, 0.05) is 17.9 Å². The fourth-order valence-electron chi connectivity index (χ4n) is 2.56. The van der Waals surface area contributed by atoms with Gasteiger partial charge in [-0.05, 0) is 43.4 Å². The molecular formula is C14H17N3. The van der Waals surface area contributed by atoms with Crippen molar-refractivity contribution in [3.8, 4) is 0 Å². The smallest absolute Gasteiger partial charge is 0.0954 e. The number of nitrogens with zero attached hydrogens (tertiary/aromatic N) is 2. The van der Waals surface area contributed by atoms with Crippen molar-refractivity contribution in [2.24, 2.45) is 0 Å². The van der Waals surface area contributed by atoms with E-state index in [1.54, 1.807) is 0 Å². The van der Waals surface area contributed by atoms with Gasteiger partial charge in [0.25, 0.3) is 0 Å². The lowest BCUT2D eigenvalue weighted by Gasteiger charge is -2.14. The molecule has 0 amide bonds. The molecule has 0 radical (unpaired) electrons. The highest BCUT2D eigenvalue weighted by Crippen LogP contribution is 2.21. The molecule has 2 aromatic rings. The Bertz CT molecular complexity index is 528. The Kier molecular flexibility index (Phi) is 2.59. The number of nitrogens with two attached hydrogens (primary N) is 1. The topological polar surface area (TPSA) is 43.8 Å². The average Bonchev–Trinajstić information content (AvgIpc) is 2.73. The first-order valence-corrected chi connectivity index (χ1v) is 6.20. The zero-order chi connectivity index (χ0) is 11.7. The van der Waals surface area contributed by atoms with E-state index in [4.69, 9.17) is 5.73 Å². The second-order valence-electron chi connectivity index (χ2n) is 4.72. The highest BCUT2D eigenvalue weighted by atomic mass is 15.1. The van der Waals surface area contributed by atoms with Crippen LogP contribution in [0.4, 0.5) is 5.69 Å². The minimum Gasteiger partial charge on any atom is -0.399 e. The summed E-state index contributed by atoms with van der Waals surface area (Å²) in [4.78, 5) is 4.51. The molecule has 0 saturated carbocycles. The number of nitrogen functional groups attached to an aromatic ring is 1. The van der Waals surface area contributed by atoms with Crippen LogP contribution in [0.5, 0.6) is 0 Å². The second-order valence-corrected chi connectivity index (χ2v) is 4.72. The summed E-state index contributed by atoms with van der Waals surface area (Å²) in [6.07, 6.45) is 6.84. The number of anilines is 1. The van der Waals surface area contributed by atoms with E-state index < -0.39 is 0 Å². The van der Waals surface area contributed by atoms with Crippen molar-refractivity contribution in [3.63, 3.8) is 0 Å². The summed E-state index contributed by atoms with van der Waals surface area (Å²) in [7, 11) is 0. The highest BCUT2D eigenvalue weighted by Gasteiger charge is 2.14. The van der Waals surface area contributed by atoms with Gasteiger partial charge in [-0.25, -0.2) is 4.98 Å². The van der Waals surface area contributed by atoms with Crippen LogP contribution in [0.3, 0.4) is 0 Å². The molecule has 3 heteroatoms. The van der Waals surface area contributed by atoms with Gasteiger partial charge in [-0.15, -0.1) is 0 Å². The molecule has 0 fully saturated rings. The zero-order valence-corrected chi connectivity index (χ0v) is 9.89. The molecule has 0 spiro atoms. The number of benzene rings is 1. The van der Waals surface area contributed by atoms with Gasteiger partial charge in [-0.2, -0.15) is 0 Å². The number of hydrogen-bond acceptors (Lipinski definition) is 2. The maximum Gasteiger partial charge on any atom is 0.0954 e. The van der Waals surface area contributed by atoms with Crippen LogP contribution in [0.1, 0.15) is 29.8 Å². The summed E-state index contributed by atoms with van der Waals surface area (Å²) in [5.41, 5.74) is 10.6. The molecule has 1 aliphatic rings. The lowest BCUT2D eigenvalue weighted by atomic mass is 10.0. The first-order valence-electron chi connectivity index (χ1n) is 6.20. The molecule has 1 heterocycles. The predicted octanol–water partition coefficient (Wildman–Crippen LogP) is 2.39. The number of aromatic nitrogens is 2. The first-order chi connectivity index (χ1) is 8.33. The van der Waals surface area contributed by atoms with Crippen LogP contribution in [-0.2, 0) is 19.4 Å². The van der Waals surface area contributed by atoms with Crippen molar-refractivity contribution in [3.05, 3.63) is 47.5 Å². The van der Waals surface area contributed by atoms with E-state index in [1.807, 2.05) is 24.5 Å². The zero-order valence-electron chi connectivity index (χ0n) is 9.89. The van der Waals surface area contributed by atoms with Gasteiger partial charge in [0.1, 0.15) is 0 Å².